The third kappa shape index (κ3) is 3.38. The third-order valence-corrected chi connectivity index (χ3v) is 5.35. The average Bonchev–Trinajstić information content (AvgIpc) is 3.04. The van der Waals surface area contributed by atoms with Gasteiger partial charge >= 0.3 is 5.97 Å². The lowest BCUT2D eigenvalue weighted by Gasteiger charge is -2.12. The highest BCUT2D eigenvalue weighted by atomic mass is 35.5. The molecule has 5 nitrogen and oxygen atoms in total. The monoisotopic (exact) mass is 351 g/mol. The predicted octanol–water partition coefficient (Wildman–Crippen LogP) is 3.14. The molecule has 0 bridgehead atoms. The second-order valence-electron chi connectivity index (χ2n) is 5.19. The number of carbonyl (C=O) groups excluding carboxylic acids is 3. The zero-order chi connectivity index (χ0) is 16.4. The number of esters is 1. The van der Waals surface area contributed by atoms with Gasteiger partial charge in [0.1, 0.15) is 6.61 Å². The molecule has 120 valence electrons. The van der Waals surface area contributed by atoms with Crippen LogP contribution in [-0.2, 0) is 25.7 Å². The van der Waals surface area contributed by atoms with Gasteiger partial charge in [0, 0.05) is 29.5 Å². The Morgan fingerprint density at radius 1 is 1.22 bits per heavy atom. The fourth-order valence-corrected chi connectivity index (χ4v) is 3.85. The molecule has 0 radical (unpaired) electrons. The number of likely N-dealkylation sites (tertiary alicyclic amines) is 1. The van der Waals surface area contributed by atoms with Crippen LogP contribution in [0.3, 0.4) is 0 Å². The summed E-state index contributed by atoms with van der Waals surface area (Å²) in [5.41, 5.74) is 0. The van der Waals surface area contributed by atoms with Crippen LogP contribution in [0.4, 0.5) is 0 Å². The Hall–Kier alpha value is -1.92. The minimum Gasteiger partial charge on any atom is -0.460 e. The number of halogens is 1. The van der Waals surface area contributed by atoms with E-state index in [0.717, 1.165) is 19.9 Å². The lowest BCUT2D eigenvalue weighted by Crippen LogP contribution is -2.31. The lowest BCUT2D eigenvalue weighted by molar-refractivity contribution is -0.146. The molecule has 0 atom stereocenters. The number of carbonyl (C=O) groups is 3. The van der Waals surface area contributed by atoms with Crippen molar-refractivity contribution in [2.75, 3.05) is 6.54 Å². The SMILES string of the molecule is O=C(CCN1C(=O)CCC1=O)OCc1sc2ccccc2c1Cl. The lowest BCUT2D eigenvalue weighted by atomic mass is 10.2. The number of hydrogen-bond donors (Lipinski definition) is 0. The molecule has 1 aromatic carbocycles. The number of benzene rings is 1. The van der Waals surface area contributed by atoms with Gasteiger partial charge in [-0.1, -0.05) is 29.8 Å². The summed E-state index contributed by atoms with van der Waals surface area (Å²) in [6.07, 6.45) is 0.455. The Balaban J connectivity index is 1.55. The molecule has 7 heteroatoms. The van der Waals surface area contributed by atoms with E-state index in [2.05, 4.69) is 0 Å². The number of nitrogens with zero attached hydrogens (tertiary/aromatic N) is 1. The number of rotatable bonds is 5. The average molecular weight is 352 g/mol. The second kappa shape index (κ2) is 6.68. The van der Waals surface area contributed by atoms with Crippen LogP contribution in [0.25, 0.3) is 10.1 Å². The highest BCUT2D eigenvalue weighted by molar-refractivity contribution is 7.19. The first-order valence-electron chi connectivity index (χ1n) is 7.21. The first-order chi connectivity index (χ1) is 11.1. The summed E-state index contributed by atoms with van der Waals surface area (Å²) in [5.74, 6) is -0.906. The van der Waals surface area contributed by atoms with Crippen LogP contribution >= 0.6 is 22.9 Å². The van der Waals surface area contributed by atoms with Crippen molar-refractivity contribution in [1.29, 1.82) is 0 Å². The van der Waals surface area contributed by atoms with E-state index in [9.17, 15) is 14.4 Å². The second-order valence-corrected chi connectivity index (χ2v) is 6.70. The van der Waals surface area contributed by atoms with Crippen LogP contribution in [0.2, 0.25) is 5.02 Å². The van der Waals surface area contributed by atoms with E-state index in [1.807, 2.05) is 24.3 Å². The molecule has 2 heterocycles. The molecule has 3 rings (SSSR count). The van der Waals surface area contributed by atoms with Crippen LogP contribution in [0.1, 0.15) is 24.1 Å². The van der Waals surface area contributed by atoms with Crippen molar-refractivity contribution in [3.05, 3.63) is 34.2 Å². The molecule has 2 aromatic rings. The molecule has 0 unspecified atom stereocenters. The predicted molar refractivity (Wildman–Crippen MR) is 87.2 cm³/mol. The molecule has 1 aliphatic heterocycles. The Morgan fingerprint density at radius 2 is 1.91 bits per heavy atom. The van der Waals surface area contributed by atoms with Gasteiger partial charge in [-0.2, -0.15) is 0 Å². The molecule has 2 amide bonds. The Bertz CT molecular complexity index is 769. The maximum absolute atomic E-state index is 11.8. The molecular weight excluding hydrogens is 338 g/mol. The van der Waals surface area contributed by atoms with Gasteiger partial charge in [-0.3, -0.25) is 19.3 Å². The molecule has 1 fully saturated rings. The Morgan fingerprint density at radius 3 is 2.61 bits per heavy atom. The third-order valence-electron chi connectivity index (χ3n) is 3.66. The minimum absolute atomic E-state index is 0.00000583. The zero-order valence-electron chi connectivity index (χ0n) is 12.2. The molecule has 23 heavy (non-hydrogen) atoms. The highest BCUT2D eigenvalue weighted by Gasteiger charge is 2.29. The quantitative estimate of drug-likeness (QED) is 0.613. The van der Waals surface area contributed by atoms with Gasteiger partial charge in [-0.25, -0.2) is 0 Å². The van der Waals surface area contributed by atoms with Crippen LogP contribution in [0.15, 0.2) is 24.3 Å². The van der Waals surface area contributed by atoms with Crippen molar-refractivity contribution in [3.8, 4) is 0 Å². The van der Waals surface area contributed by atoms with Gasteiger partial charge in [-0.05, 0) is 6.07 Å². The summed E-state index contributed by atoms with van der Waals surface area (Å²) in [6, 6.07) is 7.71. The van der Waals surface area contributed by atoms with Crippen LogP contribution < -0.4 is 0 Å². The van der Waals surface area contributed by atoms with Crippen LogP contribution in [0, 0.1) is 0 Å². The van der Waals surface area contributed by atoms with Crippen molar-refractivity contribution in [3.63, 3.8) is 0 Å². The maximum atomic E-state index is 11.8. The largest absolute Gasteiger partial charge is 0.460 e. The Kier molecular flexibility index (Phi) is 4.63. The maximum Gasteiger partial charge on any atom is 0.307 e. The van der Waals surface area contributed by atoms with Crippen molar-refractivity contribution < 1.29 is 19.1 Å². The summed E-state index contributed by atoms with van der Waals surface area (Å²) in [7, 11) is 0. The first kappa shape index (κ1) is 16.0. The summed E-state index contributed by atoms with van der Waals surface area (Å²) in [6.45, 7) is 0.176. The fraction of sp³-hybridized carbons (Fsp3) is 0.312. The summed E-state index contributed by atoms with van der Waals surface area (Å²) >= 11 is 7.76. The van der Waals surface area contributed by atoms with E-state index in [4.69, 9.17) is 16.3 Å². The highest BCUT2D eigenvalue weighted by Crippen LogP contribution is 2.35. The molecule has 0 spiro atoms. The van der Waals surface area contributed by atoms with E-state index in [-0.39, 0.29) is 44.2 Å². The van der Waals surface area contributed by atoms with E-state index in [1.54, 1.807) is 0 Å². The summed E-state index contributed by atoms with van der Waals surface area (Å²) in [5, 5.41) is 1.54. The number of fused-ring (bicyclic) bond motifs is 1. The van der Waals surface area contributed by atoms with E-state index >= 15 is 0 Å². The van der Waals surface area contributed by atoms with Gasteiger partial charge in [0.2, 0.25) is 11.8 Å². The topological polar surface area (TPSA) is 63.7 Å². The Labute approximate surface area is 141 Å². The van der Waals surface area contributed by atoms with E-state index in [0.29, 0.717) is 5.02 Å². The number of amides is 2. The van der Waals surface area contributed by atoms with Gasteiger partial charge in [0.05, 0.1) is 16.3 Å². The van der Waals surface area contributed by atoms with Crippen LogP contribution in [-0.4, -0.2) is 29.2 Å². The van der Waals surface area contributed by atoms with Gasteiger partial charge < -0.3 is 4.74 Å². The standard InChI is InChI=1S/C16H14ClNO4S/c17-16-10-3-1-2-4-11(10)23-12(16)9-22-15(21)7-8-18-13(19)5-6-14(18)20/h1-4H,5-9H2. The smallest absolute Gasteiger partial charge is 0.307 e. The number of imide groups is 1. The number of hydrogen-bond acceptors (Lipinski definition) is 5. The molecule has 0 saturated carbocycles. The van der Waals surface area contributed by atoms with Crippen LogP contribution in [0.5, 0.6) is 0 Å². The normalized spacial score (nSPS) is 14.7. The van der Waals surface area contributed by atoms with Crippen molar-refractivity contribution >= 4 is 50.8 Å². The van der Waals surface area contributed by atoms with Crippen molar-refractivity contribution in [1.82, 2.24) is 4.90 Å². The minimum atomic E-state index is -0.453. The molecule has 0 aliphatic carbocycles. The number of thiophene rings is 1. The molecular formula is C16H14ClNO4S. The fourth-order valence-electron chi connectivity index (χ4n) is 2.45. The van der Waals surface area contributed by atoms with Gasteiger partial charge in [0.15, 0.2) is 0 Å². The molecule has 1 aromatic heterocycles. The molecule has 1 saturated heterocycles. The molecule has 0 N–H and O–H groups in total. The van der Waals surface area contributed by atoms with Crippen molar-refractivity contribution in [2.24, 2.45) is 0 Å². The first-order valence-corrected chi connectivity index (χ1v) is 8.40. The van der Waals surface area contributed by atoms with Gasteiger partial charge in [0.25, 0.3) is 0 Å². The van der Waals surface area contributed by atoms with E-state index < -0.39 is 5.97 Å². The molecule has 1 aliphatic rings. The number of ether oxygens (including phenoxy) is 1. The van der Waals surface area contributed by atoms with E-state index in [1.165, 1.54) is 11.3 Å². The van der Waals surface area contributed by atoms with Crippen molar-refractivity contribution in [2.45, 2.75) is 25.9 Å². The summed E-state index contributed by atoms with van der Waals surface area (Å²) < 4.78 is 6.25. The van der Waals surface area contributed by atoms with Gasteiger partial charge in [-0.15, -0.1) is 11.3 Å². The summed E-state index contributed by atoms with van der Waals surface area (Å²) in [4.78, 5) is 36.6. The zero-order valence-corrected chi connectivity index (χ0v) is 13.8.